The molecule has 0 aliphatic carbocycles. The maximum Gasteiger partial charge on any atom is 0.243 e. The van der Waals surface area contributed by atoms with E-state index in [0.717, 1.165) is 0 Å². The number of nitrogens with one attached hydrogen (secondary N) is 1. The lowest BCUT2D eigenvalue weighted by Crippen LogP contribution is -2.30. The van der Waals surface area contributed by atoms with Crippen LogP contribution in [0.15, 0.2) is 29.5 Å². The van der Waals surface area contributed by atoms with Crippen LogP contribution in [0, 0.1) is 0 Å². The van der Waals surface area contributed by atoms with Gasteiger partial charge in [-0.05, 0) is 12.1 Å². The molecular weight excluding hydrogens is 293 g/mol. The molecule has 1 saturated heterocycles. The predicted octanol–water partition coefficient (Wildman–Crippen LogP) is 2.74. The first-order chi connectivity index (χ1) is 8.66. The van der Waals surface area contributed by atoms with Gasteiger partial charge in [0.05, 0.1) is 21.5 Å². The van der Waals surface area contributed by atoms with Crippen molar-refractivity contribution < 1.29 is 4.79 Å². The number of hydrazone groups is 1. The van der Waals surface area contributed by atoms with Crippen LogP contribution in [0.2, 0.25) is 10.0 Å². The van der Waals surface area contributed by atoms with Gasteiger partial charge in [-0.15, -0.1) is 5.10 Å². The third-order valence-electron chi connectivity index (χ3n) is 2.56. The Bertz CT molecular complexity index is 580. The molecular formula is C11H7Cl2N3OS. The molecule has 0 aromatic heterocycles. The van der Waals surface area contributed by atoms with Crippen LogP contribution in [0.1, 0.15) is 5.56 Å². The first-order valence-corrected chi connectivity index (χ1v) is 6.86. The molecule has 2 aliphatic rings. The summed E-state index contributed by atoms with van der Waals surface area (Å²) in [4.78, 5) is 13.2. The zero-order chi connectivity index (χ0) is 12.7. The molecule has 92 valence electrons. The SMILES string of the molecule is O=C1CSC2=NNC(c3c(Cl)cccc3Cl)=CN12. The molecule has 18 heavy (non-hydrogen) atoms. The van der Waals surface area contributed by atoms with Gasteiger partial charge in [-0.25, -0.2) is 0 Å². The third-order valence-corrected chi connectivity index (χ3v) is 4.13. The summed E-state index contributed by atoms with van der Waals surface area (Å²) in [6, 6.07) is 5.25. The van der Waals surface area contributed by atoms with Crippen molar-refractivity contribution in [3.8, 4) is 0 Å². The number of amidine groups is 1. The van der Waals surface area contributed by atoms with Crippen LogP contribution >= 0.6 is 35.0 Å². The maximum absolute atomic E-state index is 11.6. The molecule has 3 rings (SSSR count). The van der Waals surface area contributed by atoms with Crippen LogP contribution in [0.4, 0.5) is 0 Å². The zero-order valence-electron chi connectivity index (χ0n) is 8.98. The fourth-order valence-electron chi connectivity index (χ4n) is 1.73. The van der Waals surface area contributed by atoms with Gasteiger partial charge in [0.2, 0.25) is 5.91 Å². The lowest BCUT2D eigenvalue weighted by Gasteiger charge is -2.20. The summed E-state index contributed by atoms with van der Waals surface area (Å²) < 4.78 is 0. The number of carbonyl (C=O) groups excluding carboxylic acids is 1. The average molecular weight is 300 g/mol. The van der Waals surface area contributed by atoms with Gasteiger partial charge in [0.1, 0.15) is 0 Å². The van der Waals surface area contributed by atoms with E-state index in [1.165, 1.54) is 16.7 Å². The van der Waals surface area contributed by atoms with Gasteiger partial charge in [0.15, 0.2) is 5.17 Å². The Kier molecular flexibility index (Phi) is 2.97. The van der Waals surface area contributed by atoms with Gasteiger partial charge < -0.3 is 0 Å². The van der Waals surface area contributed by atoms with Crippen molar-refractivity contribution in [3.63, 3.8) is 0 Å². The second-order valence-corrected chi connectivity index (χ2v) is 5.45. The summed E-state index contributed by atoms with van der Waals surface area (Å²) in [5.41, 5.74) is 4.14. The Balaban J connectivity index is 2.04. The fourth-order valence-corrected chi connectivity index (χ4v) is 3.12. The number of fused-ring (bicyclic) bond motifs is 1. The molecule has 2 aliphatic heterocycles. The molecule has 1 N–H and O–H groups in total. The van der Waals surface area contributed by atoms with Crippen LogP contribution in [0.25, 0.3) is 5.70 Å². The number of thioether (sulfide) groups is 1. The number of benzene rings is 1. The number of nitrogens with zero attached hydrogens (tertiary/aromatic N) is 2. The van der Waals surface area contributed by atoms with Crippen LogP contribution in [0.5, 0.6) is 0 Å². The van der Waals surface area contributed by atoms with Crippen LogP contribution in [-0.2, 0) is 4.79 Å². The van der Waals surface area contributed by atoms with Gasteiger partial charge >= 0.3 is 0 Å². The lowest BCUT2D eigenvalue weighted by atomic mass is 10.1. The minimum Gasteiger partial charge on any atom is -0.274 e. The standard InChI is InChI=1S/C11H7Cl2N3OS/c12-6-2-1-3-7(13)10(6)8-4-16-9(17)5-18-11(16)15-14-8/h1-4,14H,5H2. The Labute approximate surface area is 118 Å². The second kappa shape index (κ2) is 4.50. The van der Waals surface area contributed by atoms with Gasteiger partial charge in [-0.2, -0.15) is 0 Å². The van der Waals surface area contributed by atoms with Crippen molar-refractivity contribution in [2.45, 2.75) is 0 Å². The van der Waals surface area contributed by atoms with Crippen molar-refractivity contribution in [3.05, 3.63) is 40.0 Å². The van der Waals surface area contributed by atoms with Gasteiger partial charge in [-0.1, -0.05) is 41.0 Å². The van der Waals surface area contributed by atoms with Crippen molar-refractivity contribution in [1.82, 2.24) is 10.3 Å². The molecule has 0 radical (unpaired) electrons. The van der Waals surface area contributed by atoms with E-state index in [2.05, 4.69) is 10.5 Å². The zero-order valence-corrected chi connectivity index (χ0v) is 11.3. The average Bonchev–Trinajstić information content (AvgIpc) is 2.71. The summed E-state index contributed by atoms with van der Waals surface area (Å²) >= 11 is 13.6. The van der Waals surface area contributed by atoms with Crippen LogP contribution < -0.4 is 5.43 Å². The minimum absolute atomic E-state index is 0.000857. The summed E-state index contributed by atoms with van der Waals surface area (Å²) in [5, 5.41) is 5.80. The normalized spacial score (nSPS) is 18.1. The topological polar surface area (TPSA) is 44.7 Å². The molecule has 0 atom stereocenters. The number of halogens is 2. The third kappa shape index (κ3) is 1.88. The van der Waals surface area contributed by atoms with Crippen molar-refractivity contribution in [2.75, 3.05) is 5.75 Å². The first-order valence-electron chi connectivity index (χ1n) is 5.11. The van der Waals surface area contributed by atoms with Crippen LogP contribution in [-0.4, -0.2) is 21.7 Å². The number of hydrogen-bond donors (Lipinski definition) is 1. The van der Waals surface area contributed by atoms with E-state index < -0.39 is 0 Å². The van der Waals surface area contributed by atoms with Crippen molar-refractivity contribution in [2.24, 2.45) is 5.10 Å². The van der Waals surface area contributed by atoms with E-state index in [9.17, 15) is 4.79 Å². The summed E-state index contributed by atoms with van der Waals surface area (Å²) in [6.07, 6.45) is 1.68. The summed E-state index contributed by atoms with van der Waals surface area (Å²) in [6.45, 7) is 0. The Morgan fingerprint density at radius 1 is 1.33 bits per heavy atom. The Hall–Kier alpha value is -1.17. The monoisotopic (exact) mass is 299 g/mol. The van der Waals surface area contributed by atoms with Crippen molar-refractivity contribution in [1.29, 1.82) is 0 Å². The Morgan fingerprint density at radius 3 is 2.78 bits per heavy atom. The maximum atomic E-state index is 11.6. The van der Waals surface area contributed by atoms with E-state index in [4.69, 9.17) is 23.2 Å². The molecule has 0 unspecified atom stereocenters. The molecule has 0 spiro atoms. The highest BCUT2D eigenvalue weighted by Gasteiger charge is 2.30. The lowest BCUT2D eigenvalue weighted by molar-refractivity contribution is -0.122. The summed E-state index contributed by atoms with van der Waals surface area (Å²) in [7, 11) is 0. The van der Waals surface area contributed by atoms with E-state index in [-0.39, 0.29) is 5.91 Å². The highest BCUT2D eigenvalue weighted by molar-refractivity contribution is 8.15. The smallest absolute Gasteiger partial charge is 0.243 e. The highest BCUT2D eigenvalue weighted by Crippen LogP contribution is 2.33. The first kappa shape index (κ1) is 11.9. The quantitative estimate of drug-likeness (QED) is 0.867. The number of rotatable bonds is 1. The van der Waals surface area contributed by atoms with E-state index in [1.54, 1.807) is 24.4 Å². The van der Waals surface area contributed by atoms with E-state index in [0.29, 0.717) is 32.2 Å². The second-order valence-electron chi connectivity index (χ2n) is 3.70. The summed E-state index contributed by atoms with van der Waals surface area (Å²) in [5.74, 6) is 0.404. The van der Waals surface area contributed by atoms with Gasteiger partial charge in [-0.3, -0.25) is 15.1 Å². The molecule has 1 aromatic carbocycles. The molecule has 1 aromatic rings. The number of carbonyl (C=O) groups is 1. The molecule has 7 heteroatoms. The van der Waals surface area contributed by atoms with Crippen molar-refractivity contribution >= 4 is 51.7 Å². The number of amides is 1. The molecule has 1 amide bonds. The molecule has 2 heterocycles. The van der Waals surface area contributed by atoms with E-state index >= 15 is 0 Å². The Morgan fingerprint density at radius 2 is 2.06 bits per heavy atom. The van der Waals surface area contributed by atoms with Crippen LogP contribution in [0.3, 0.4) is 0 Å². The highest BCUT2D eigenvalue weighted by atomic mass is 35.5. The predicted molar refractivity (Wildman–Crippen MR) is 74.3 cm³/mol. The fraction of sp³-hybridized carbons (Fsp3) is 0.0909. The largest absolute Gasteiger partial charge is 0.274 e. The van der Waals surface area contributed by atoms with Gasteiger partial charge in [0.25, 0.3) is 0 Å². The van der Waals surface area contributed by atoms with E-state index in [1.807, 2.05) is 0 Å². The molecule has 0 saturated carbocycles. The molecule has 1 fully saturated rings. The minimum atomic E-state index is 0.000857. The molecule has 0 bridgehead atoms. The molecule has 4 nitrogen and oxygen atoms in total. The number of hydrogen-bond acceptors (Lipinski definition) is 4. The van der Waals surface area contributed by atoms with Gasteiger partial charge in [0, 0.05) is 11.8 Å².